The molecule has 0 bridgehead atoms. The first kappa shape index (κ1) is 9.65. The van der Waals surface area contributed by atoms with Crippen molar-refractivity contribution in [3.05, 3.63) is 54.1 Å². The number of hydrogen-bond donors (Lipinski definition) is 1. The third kappa shape index (κ3) is 2.51. The van der Waals surface area contributed by atoms with Gasteiger partial charge in [-0.25, -0.2) is 0 Å². The van der Waals surface area contributed by atoms with Crippen LogP contribution in [0.5, 0.6) is 0 Å². The van der Waals surface area contributed by atoms with Crippen molar-refractivity contribution in [3.8, 4) is 0 Å². The van der Waals surface area contributed by atoms with E-state index in [2.05, 4.69) is 11.9 Å². The van der Waals surface area contributed by atoms with Crippen LogP contribution < -0.4 is 5.32 Å². The Hall–Kier alpha value is -1.44. The molecule has 0 saturated heterocycles. The summed E-state index contributed by atoms with van der Waals surface area (Å²) in [5, 5.41) is 2.87. The fraction of sp³-hybridized carbons (Fsp3) is 0.0909. The summed E-state index contributed by atoms with van der Waals surface area (Å²) in [7, 11) is 7.57. The van der Waals surface area contributed by atoms with Gasteiger partial charge in [0.05, 0.1) is 0 Å². The quantitative estimate of drug-likeness (QED) is 0.538. The maximum atomic E-state index is 5.76. The van der Waals surface area contributed by atoms with Crippen molar-refractivity contribution in [2.45, 2.75) is 0 Å². The maximum absolute atomic E-state index is 5.76. The molecule has 1 aromatic carbocycles. The molecule has 0 aliphatic carbocycles. The minimum atomic E-state index is 0.661. The topological polar surface area (TPSA) is 12.0 Å². The van der Waals surface area contributed by atoms with Gasteiger partial charge in [0.25, 0.3) is 0 Å². The van der Waals surface area contributed by atoms with E-state index in [1.807, 2.05) is 37.4 Å². The van der Waals surface area contributed by atoms with E-state index in [1.165, 1.54) is 0 Å². The van der Waals surface area contributed by atoms with Crippen LogP contribution in [0.15, 0.2) is 48.6 Å². The molecular formula is C11H12BN. The van der Waals surface area contributed by atoms with E-state index in [4.69, 9.17) is 7.85 Å². The van der Waals surface area contributed by atoms with Crippen LogP contribution in [0.2, 0.25) is 0 Å². The first-order chi connectivity index (χ1) is 6.25. The first-order valence-corrected chi connectivity index (χ1v) is 4.13. The highest BCUT2D eigenvalue weighted by Gasteiger charge is 1.98. The summed E-state index contributed by atoms with van der Waals surface area (Å²) in [5.74, 6) is 0. The summed E-state index contributed by atoms with van der Waals surface area (Å²) in [4.78, 5) is 0. The van der Waals surface area contributed by atoms with Gasteiger partial charge >= 0.3 is 0 Å². The second-order valence-electron chi connectivity index (χ2n) is 2.73. The Labute approximate surface area is 80.6 Å². The molecule has 0 amide bonds. The largest absolute Gasteiger partial charge is 0.394 e. The van der Waals surface area contributed by atoms with Crippen LogP contribution in [0.1, 0.15) is 5.56 Å². The van der Waals surface area contributed by atoms with Crippen LogP contribution in [0, 0.1) is 0 Å². The van der Waals surface area contributed by atoms with Crippen molar-refractivity contribution < 1.29 is 0 Å². The molecule has 1 aromatic rings. The number of benzene rings is 1. The average molecular weight is 169 g/mol. The second kappa shape index (κ2) is 4.56. The Kier molecular flexibility index (Phi) is 3.38. The minimum absolute atomic E-state index is 0.661. The van der Waals surface area contributed by atoms with E-state index in [9.17, 15) is 0 Å². The molecule has 0 aliphatic heterocycles. The summed E-state index contributed by atoms with van der Waals surface area (Å²) < 4.78 is 0. The Morgan fingerprint density at radius 2 is 2.00 bits per heavy atom. The van der Waals surface area contributed by atoms with E-state index in [0.29, 0.717) is 5.47 Å². The van der Waals surface area contributed by atoms with Crippen LogP contribution >= 0.6 is 0 Å². The van der Waals surface area contributed by atoms with Gasteiger partial charge in [-0.2, -0.15) is 0 Å². The molecule has 1 nitrogen and oxygen atoms in total. The van der Waals surface area contributed by atoms with Crippen molar-refractivity contribution in [1.29, 1.82) is 0 Å². The molecule has 0 atom stereocenters. The lowest BCUT2D eigenvalue weighted by Crippen LogP contribution is -1.98. The molecule has 0 aliphatic rings. The first-order valence-electron chi connectivity index (χ1n) is 4.13. The molecule has 13 heavy (non-hydrogen) atoms. The highest BCUT2D eigenvalue weighted by molar-refractivity contribution is 6.30. The highest BCUT2D eigenvalue weighted by Crippen LogP contribution is 2.17. The number of rotatable bonds is 3. The van der Waals surface area contributed by atoms with E-state index in [0.717, 1.165) is 11.1 Å². The van der Waals surface area contributed by atoms with Crippen LogP contribution in [0.25, 0.3) is 5.57 Å². The molecular weight excluding hydrogens is 157 g/mol. The van der Waals surface area contributed by atoms with Crippen LogP contribution in [0.4, 0.5) is 0 Å². The van der Waals surface area contributed by atoms with Gasteiger partial charge in [-0.3, -0.25) is 0 Å². The zero-order chi connectivity index (χ0) is 9.68. The van der Waals surface area contributed by atoms with Gasteiger partial charge in [-0.1, -0.05) is 42.4 Å². The summed E-state index contributed by atoms with van der Waals surface area (Å²) in [6.45, 7) is 3.91. The lowest BCUT2D eigenvalue weighted by atomic mass is 9.86. The van der Waals surface area contributed by atoms with Crippen molar-refractivity contribution in [2.75, 3.05) is 7.05 Å². The smallest absolute Gasteiger partial charge is 0.116 e. The zero-order valence-corrected chi connectivity index (χ0v) is 7.75. The van der Waals surface area contributed by atoms with Crippen LogP contribution in [0.3, 0.4) is 0 Å². The second-order valence-corrected chi connectivity index (χ2v) is 2.73. The summed E-state index contributed by atoms with van der Waals surface area (Å²) in [6.07, 6.45) is 1.73. The predicted molar refractivity (Wildman–Crippen MR) is 58.4 cm³/mol. The number of nitrogens with one attached hydrogen (secondary N) is 1. The molecule has 0 fully saturated rings. The summed E-state index contributed by atoms with van der Waals surface area (Å²) >= 11 is 0. The predicted octanol–water partition coefficient (Wildman–Crippen LogP) is 1.93. The minimum Gasteiger partial charge on any atom is -0.394 e. The fourth-order valence-corrected chi connectivity index (χ4v) is 1.05. The van der Waals surface area contributed by atoms with Crippen molar-refractivity contribution in [2.24, 2.45) is 0 Å². The zero-order valence-electron chi connectivity index (χ0n) is 7.75. The van der Waals surface area contributed by atoms with E-state index < -0.39 is 0 Å². The van der Waals surface area contributed by atoms with Crippen LogP contribution in [-0.4, -0.2) is 14.9 Å². The van der Waals surface area contributed by atoms with Gasteiger partial charge < -0.3 is 5.32 Å². The third-order valence-corrected chi connectivity index (χ3v) is 1.77. The Morgan fingerprint density at radius 1 is 1.38 bits per heavy atom. The van der Waals surface area contributed by atoms with Crippen LogP contribution in [-0.2, 0) is 0 Å². The van der Waals surface area contributed by atoms with Gasteiger partial charge in [-0.15, -0.1) is 0 Å². The van der Waals surface area contributed by atoms with Crippen molar-refractivity contribution in [3.63, 3.8) is 0 Å². The van der Waals surface area contributed by atoms with Crippen molar-refractivity contribution >= 4 is 13.4 Å². The molecule has 1 N–H and O–H groups in total. The number of allylic oxidation sites excluding steroid dienone is 2. The maximum Gasteiger partial charge on any atom is 0.116 e. The average Bonchev–Trinajstić information content (AvgIpc) is 2.18. The van der Waals surface area contributed by atoms with Gasteiger partial charge in [0.15, 0.2) is 0 Å². The third-order valence-electron chi connectivity index (χ3n) is 1.77. The molecule has 0 spiro atoms. The molecule has 2 radical (unpaired) electrons. The molecule has 0 saturated carbocycles. The van der Waals surface area contributed by atoms with Gasteiger partial charge in [0.1, 0.15) is 7.85 Å². The SMILES string of the molecule is [B]/C(=C/NC)C(=C)c1ccccc1. The van der Waals surface area contributed by atoms with Crippen molar-refractivity contribution in [1.82, 2.24) is 5.32 Å². The molecule has 0 unspecified atom stereocenters. The van der Waals surface area contributed by atoms with Gasteiger partial charge in [0.2, 0.25) is 0 Å². The molecule has 64 valence electrons. The van der Waals surface area contributed by atoms with Gasteiger partial charge in [0, 0.05) is 7.05 Å². The Morgan fingerprint density at radius 3 is 2.54 bits per heavy atom. The number of hydrogen-bond acceptors (Lipinski definition) is 1. The van der Waals surface area contributed by atoms with E-state index in [-0.39, 0.29) is 0 Å². The summed E-state index contributed by atoms with van der Waals surface area (Å²) in [6, 6.07) is 9.87. The monoisotopic (exact) mass is 169 g/mol. The lowest BCUT2D eigenvalue weighted by molar-refractivity contribution is 1.10. The molecule has 0 aromatic heterocycles. The highest BCUT2D eigenvalue weighted by atomic mass is 14.8. The molecule has 1 rings (SSSR count). The fourth-order valence-electron chi connectivity index (χ4n) is 1.05. The Bertz CT molecular complexity index is 314. The normalized spacial score (nSPS) is 11.0. The standard InChI is InChI=1S/C11H12BN/c1-9(11(12)8-13-2)10-6-4-3-5-7-10/h3-8,13H,1H2,2H3/b11-8+. The van der Waals surface area contributed by atoms with E-state index >= 15 is 0 Å². The molecule has 0 heterocycles. The lowest BCUT2D eigenvalue weighted by Gasteiger charge is -2.06. The summed E-state index contributed by atoms with van der Waals surface area (Å²) in [5.41, 5.74) is 2.55. The molecule has 2 heteroatoms. The van der Waals surface area contributed by atoms with E-state index in [1.54, 1.807) is 6.20 Å². The Balaban J connectivity index is 2.86. The van der Waals surface area contributed by atoms with Gasteiger partial charge in [-0.05, 0) is 17.3 Å².